The predicted octanol–water partition coefficient (Wildman–Crippen LogP) is 8.51. The molecule has 0 bridgehead atoms. The quantitative estimate of drug-likeness (QED) is 0.220. The summed E-state index contributed by atoms with van der Waals surface area (Å²) >= 11 is 0. The van der Waals surface area contributed by atoms with Gasteiger partial charge in [0.25, 0.3) is 0 Å². The summed E-state index contributed by atoms with van der Waals surface area (Å²) in [6.45, 7) is 17.6. The van der Waals surface area contributed by atoms with Gasteiger partial charge in [-0.2, -0.15) is 0 Å². The summed E-state index contributed by atoms with van der Waals surface area (Å²) < 4.78 is 13.9. The molecule has 3 saturated carbocycles. The molecule has 1 aromatic rings. The maximum Gasteiger partial charge on any atom is 0.184 e. The summed E-state index contributed by atoms with van der Waals surface area (Å²) in [5.74, 6) is 2.56. The molecule has 7 atom stereocenters. The zero-order valence-electron chi connectivity index (χ0n) is 27.8. The summed E-state index contributed by atoms with van der Waals surface area (Å²) in [5, 5.41) is 0. The van der Waals surface area contributed by atoms with E-state index >= 15 is 0 Å². The van der Waals surface area contributed by atoms with Crippen LogP contribution in [0, 0.1) is 28.6 Å². The highest BCUT2D eigenvalue weighted by Gasteiger charge is 2.68. The molecule has 42 heavy (non-hydrogen) atoms. The zero-order valence-corrected chi connectivity index (χ0v) is 29.8. The number of carbonyl (C=O) groups excluding carboxylic acids is 1. The van der Waals surface area contributed by atoms with Crippen LogP contribution in [0.3, 0.4) is 0 Å². The molecule has 0 aromatic heterocycles. The van der Waals surface area contributed by atoms with Crippen LogP contribution in [0.1, 0.15) is 68.9 Å². The summed E-state index contributed by atoms with van der Waals surface area (Å²) in [6.07, 6.45) is 15.4. The van der Waals surface area contributed by atoms with E-state index in [1.807, 2.05) is 12.2 Å². The zero-order chi connectivity index (χ0) is 30.3. The topological polar surface area (TPSA) is 38.8 Å². The van der Waals surface area contributed by atoms with Crippen LogP contribution in [0.2, 0.25) is 39.3 Å². The maximum absolute atomic E-state index is 12.7. The average Bonchev–Trinajstić information content (AvgIpc) is 3.16. The third-order valence-corrected chi connectivity index (χ3v) is 13.9. The van der Waals surface area contributed by atoms with Gasteiger partial charge in [0.05, 0.1) is 5.60 Å². The lowest BCUT2D eigenvalue weighted by atomic mass is 9.40. The Balaban J connectivity index is 1.45. The van der Waals surface area contributed by atoms with E-state index in [4.69, 9.17) is 8.85 Å². The van der Waals surface area contributed by atoms with Gasteiger partial charge < -0.3 is 13.8 Å². The number of anilines is 1. The molecule has 0 aliphatic heterocycles. The number of nitrogens with zero attached hydrogens (tertiary/aromatic N) is 1. The Bertz CT molecular complexity index is 1310. The Morgan fingerprint density at radius 3 is 2.50 bits per heavy atom. The van der Waals surface area contributed by atoms with Crippen molar-refractivity contribution in [1.82, 2.24) is 0 Å². The normalized spacial score (nSPS) is 37.0. The lowest BCUT2D eigenvalue weighted by Gasteiger charge is -2.65. The average molecular weight is 606 g/mol. The summed E-state index contributed by atoms with van der Waals surface area (Å²) in [4.78, 5) is 14.9. The fourth-order valence-corrected chi connectivity index (χ4v) is 12.9. The second-order valence-electron chi connectivity index (χ2n) is 16.8. The molecule has 6 heteroatoms. The third kappa shape index (κ3) is 4.96. The molecule has 1 spiro atoms. The van der Waals surface area contributed by atoms with Crippen LogP contribution in [0.4, 0.5) is 5.69 Å². The Kier molecular flexibility index (Phi) is 7.48. The van der Waals surface area contributed by atoms with Crippen molar-refractivity contribution in [2.75, 3.05) is 25.6 Å². The molecule has 1 aromatic carbocycles. The van der Waals surface area contributed by atoms with Crippen molar-refractivity contribution >= 4 is 28.1 Å². The molecule has 3 fully saturated rings. The Hall–Kier alpha value is -1.48. The molecule has 0 heterocycles. The highest BCUT2D eigenvalue weighted by molar-refractivity contribution is 6.70. The van der Waals surface area contributed by atoms with Crippen molar-refractivity contribution in [2.45, 2.75) is 109 Å². The van der Waals surface area contributed by atoms with E-state index < -0.39 is 16.6 Å². The molecule has 5 aliphatic carbocycles. The number of hydrogen-bond donors (Lipinski definition) is 0. The van der Waals surface area contributed by atoms with Gasteiger partial charge >= 0.3 is 0 Å². The van der Waals surface area contributed by atoms with Crippen molar-refractivity contribution in [3.63, 3.8) is 0 Å². The number of allylic oxidation sites excluding steroid dienone is 4. The minimum Gasteiger partial charge on any atom is -0.418 e. The second kappa shape index (κ2) is 10.3. The van der Waals surface area contributed by atoms with Gasteiger partial charge in [0.15, 0.2) is 22.4 Å². The van der Waals surface area contributed by atoms with Gasteiger partial charge in [-0.25, -0.2) is 0 Å². The lowest BCUT2D eigenvalue weighted by Crippen LogP contribution is -2.61. The van der Waals surface area contributed by atoms with Gasteiger partial charge in [0.2, 0.25) is 0 Å². The van der Waals surface area contributed by atoms with Crippen LogP contribution < -0.4 is 4.90 Å². The van der Waals surface area contributed by atoms with E-state index in [9.17, 15) is 4.79 Å². The van der Waals surface area contributed by atoms with Gasteiger partial charge in [-0.15, -0.1) is 0 Å². The van der Waals surface area contributed by atoms with Crippen molar-refractivity contribution in [1.29, 1.82) is 0 Å². The molecule has 230 valence electrons. The molecule has 0 amide bonds. The van der Waals surface area contributed by atoms with Crippen molar-refractivity contribution in [2.24, 2.45) is 28.6 Å². The van der Waals surface area contributed by atoms with Crippen LogP contribution in [0.25, 0.3) is 0 Å². The smallest absolute Gasteiger partial charge is 0.184 e. The van der Waals surface area contributed by atoms with Crippen LogP contribution in [0.15, 0.2) is 42.0 Å². The molecular weight excluding hydrogens is 551 g/mol. The summed E-state index contributed by atoms with van der Waals surface area (Å²) in [6, 6.07) is 7.26. The molecule has 5 aliphatic rings. The Labute approximate surface area is 257 Å². The standard InChI is InChI=1S/C36H55NO3Si2/c1-34-24-31-29-14-12-27(37(2)3)21-25(29)23-35-18-15-28(38)22-26(35)11-13-30(33(31)35)32(34)16-19-36(34,40-42(7,8)9)17-10-20-39-41(4,5)6/h12,14-15,18,21-22,30-33H,10-11,13,16-17,19-20,23-24H2,1-9H3/t30-,31?,32+,33?,34-,35+,36+/m0/s1. The van der Waals surface area contributed by atoms with Crippen molar-refractivity contribution in [3.8, 4) is 0 Å². The Morgan fingerprint density at radius 2 is 1.81 bits per heavy atom. The number of hydrogen-bond acceptors (Lipinski definition) is 4. The lowest BCUT2D eigenvalue weighted by molar-refractivity contribution is -0.129. The van der Waals surface area contributed by atoms with Crippen LogP contribution in [-0.2, 0) is 20.1 Å². The monoisotopic (exact) mass is 605 g/mol. The van der Waals surface area contributed by atoms with Crippen LogP contribution in [0.5, 0.6) is 0 Å². The fraction of sp³-hybridized carbons (Fsp3) is 0.694. The van der Waals surface area contributed by atoms with Gasteiger partial charge in [-0.05, 0) is 155 Å². The van der Waals surface area contributed by atoms with E-state index in [1.165, 1.54) is 42.5 Å². The van der Waals surface area contributed by atoms with Gasteiger partial charge in [0.1, 0.15) is 0 Å². The largest absolute Gasteiger partial charge is 0.418 e. The van der Waals surface area contributed by atoms with E-state index in [2.05, 4.69) is 89.5 Å². The molecule has 0 saturated heterocycles. The molecule has 4 nitrogen and oxygen atoms in total. The predicted molar refractivity (Wildman–Crippen MR) is 179 cm³/mol. The van der Waals surface area contributed by atoms with Crippen molar-refractivity contribution < 1.29 is 13.6 Å². The minimum atomic E-state index is -1.81. The van der Waals surface area contributed by atoms with E-state index in [0.29, 0.717) is 23.7 Å². The fourth-order valence-electron chi connectivity index (χ4n) is 10.5. The number of rotatable bonds is 8. The molecular formula is C36H55NO3Si2. The van der Waals surface area contributed by atoms with Gasteiger partial charge in [-0.3, -0.25) is 4.79 Å². The summed E-state index contributed by atoms with van der Waals surface area (Å²) in [7, 11) is 0.930. The van der Waals surface area contributed by atoms with Gasteiger partial charge in [-0.1, -0.05) is 24.6 Å². The number of ketones is 1. The first kappa shape index (κ1) is 30.5. The molecule has 0 radical (unpaired) electrons. The molecule has 0 N–H and O–H groups in total. The van der Waals surface area contributed by atoms with Gasteiger partial charge in [0, 0.05) is 31.8 Å². The number of carbonyl (C=O) groups is 1. The first-order valence-electron chi connectivity index (χ1n) is 16.7. The third-order valence-electron chi connectivity index (χ3n) is 11.9. The second-order valence-corrected chi connectivity index (χ2v) is 25.7. The first-order chi connectivity index (χ1) is 19.6. The van der Waals surface area contributed by atoms with Crippen LogP contribution in [-0.4, -0.2) is 48.7 Å². The highest BCUT2D eigenvalue weighted by atomic mass is 28.4. The van der Waals surface area contributed by atoms with E-state index in [1.54, 1.807) is 5.56 Å². The molecule has 6 rings (SSSR count). The molecule has 2 unspecified atom stereocenters. The van der Waals surface area contributed by atoms with Crippen LogP contribution >= 0.6 is 0 Å². The number of fused-ring (bicyclic) bond motifs is 4. The van der Waals surface area contributed by atoms with Crippen molar-refractivity contribution in [3.05, 3.63) is 53.1 Å². The highest BCUT2D eigenvalue weighted by Crippen LogP contribution is 2.73. The summed E-state index contributed by atoms with van der Waals surface area (Å²) in [5.41, 5.74) is 5.78. The minimum absolute atomic E-state index is 0.0170. The Morgan fingerprint density at radius 1 is 1.05 bits per heavy atom. The van der Waals surface area contributed by atoms with E-state index in [-0.39, 0.29) is 22.2 Å². The first-order valence-corrected chi connectivity index (χ1v) is 23.5. The maximum atomic E-state index is 12.7. The number of benzene rings is 1. The van der Waals surface area contributed by atoms with E-state index in [0.717, 1.165) is 32.3 Å². The SMILES string of the molecule is CN(C)c1ccc2c(c1)C[C@]13C=CC(=O)C=C1CC[C@@H]1C3C2C[C@@]2(C)[C@@H]1CC[C@@]2(CCCO[Si](C)(C)C)O[Si](C)(C)C.